The Kier molecular flexibility index (Phi) is 4.55. The molecule has 2 N–H and O–H groups in total. The summed E-state index contributed by atoms with van der Waals surface area (Å²) in [6.07, 6.45) is 2.41. The first-order chi connectivity index (χ1) is 7.54. The van der Waals surface area contributed by atoms with E-state index in [4.69, 9.17) is 16.7 Å². The zero-order valence-corrected chi connectivity index (χ0v) is 10.1. The maximum absolute atomic E-state index is 10.8. The van der Waals surface area contributed by atoms with Crippen molar-refractivity contribution in [1.29, 1.82) is 0 Å². The number of pyridine rings is 1. The second-order valence-corrected chi connectivity index (χ2v) is 4.16. The molecule has 0 radical (unpaired) electrons. The zero-order chi connectivity index (χ0) is 12.1. The van der Waals surface area contributed by atoms with Gasteiger partial charge in [0, 0.05) is 12.7 Å². The molecule has 0 saturated heterocycles. The van der Waals surface area contributed by atoms with Crippen LogP contribution in [-0.4, -0.2) is 22.6 Å². The molecule has 0 aliphatic heterocycles. The third-order valence-corrected chi connectivity index (χ3v) is 2.72. The van der Waals surface area contributed by atoms with E-state index in [1.165, 1.54) is 12.3 Å². The summed E-state index contributed by atoms with van der Waals surface area (Å²) < 4.78 is 0. The van der Waals surface area contributed by atoms with Crippen LogP contribution in [0, 0.1) is 5.92 Å². The summed E-state index contributed by atoms with van der Waals surface area (Å²) in [6.45, 7) is 4.98. The van der Waals surface area contributed by atoms with Crippen molar-refractivity contribution in [1.82, 2.24) is 4.98 Å². The van der Waals surface area contributed by atoms with E-state index < -0.39 is 5.97 Å². The SMILES string of the molecule is CCC(C)CNc1cc(C(=O)O)c(Cl)cn1. The molecule has 1 atom stereocenters. The first kappa shape index (κ1) is 12.8. The number of carbonyl (C=O) groups is 1. The maximum atomic E-state index is 10.8. The molecule has 0 bridgehead atoms. The number of carboxylic acids is 1. The van der Waals surface area contributed by atoms with Crippen molar-refractivity contribution >= 4 is 23.4 Å². The van der Waals surface area contributed by atoms with E-state index in [-0.39, 0.29) is 10.6 Å². The van der Waals surface area contributed by atoms with Gasteiger partial charge in [0.15, 0.2) is 0 Å². The van der Waals surface area contributed by atoms with E-state index in [0.717, 1.165) is 13.0 Å². The molecule has 88 valence electrons. The fourth-order valence-corrected chi connectivity index (χ4v) is 1.31. The van der Waals surface area contributed by atoms with Gasteiger partial charge in [0.1, 0.15) is 5.82 Å². The highest BCUT2D eigenvalue weighted by Crippen LogP contribution is 2.18. The van der Waals surface area contributed by atoms with Crippen LogP contribution in [0.1, 0.15) is 30.6 Å². The molecule has 1 unspecified atom stereocenters. The molecule has 1 heterocycles. The number of hydrogen-bond acceptors (Lipinski definition) is 3. The number of aromatic carboxylic acids is 1. The Balaban J connectivity index is 2.75. The highest BCUT2D eigenvalue weighted by Gasteiger charge is 2.10. The molecule has 0 amide bonds. The van der Waals surface area contributed by atoms with E-state index >= 15 is 0 Å². The number of nitrogens with one attached hydrogen (secondary N) is 1. The molecule has 4 nitrogen and oxygen atoms in total. The molecule has 1 aromatic rings. The fraction of sp³-hybridized carbons (Fsp3) is 0.455. The quantitative estimate of drug-likeness (QED) is 0.834. The normalized spacial score (nSPS) is 12.2. The van der Waals surface area contributed by atoms with Crippen molar-refractivity contribution in [3.63, 3.8) is 0 Å². The van der Waals surface area contributed by atoms with Gasteiger partial charge >= 0.3 is 5.97 Å². The Hall–Kier alpha value is -1.29. The molecule has 0 aromatic carbocycles. The maximum Gasteiger partial charge on any atom is 0.337 e. The number of carboxylic acid groups (broad SMARTS) is 1. The van der Waals surface area contributed by atoms with Crippen LogP contribution >= 0.6 is 11.6 Å². The van der Waals surface area contributed by atoms with Crippen molar-refractivity contribution in [3.8, 4) is 0 Å². The van der Waals surface area contributed by atoms with Gasteiger partial charge < -0.3 is 10.4 Å². The molecule has 0 saturated carbocycles. The highest BCUT2D eigenvalue weighted by atomic mass is 35.5. The van der Waals surface area contributed by atoms with E-state index in [2.05, 4.69) is 24.1 Å². The first-order valence-electron chi connectivity index (χ1n) is 5.17. The zero-order valence-electron chi connectivity index (χ0n) is 9.33. The van der Waals surface area contributed by atoms with Crippen LogP contribution < -0.4 is 5.32 Å². The third kappa shape index (κ3) is 3.38. The van der Waals surface area contributed by atoms with Gasteiger partial charge in [0.2, 0.25) is 0 Å². The van der Waals surface area contributed by atoms with Gasteiger partial charge in [0.05, 0.1) is 10.6 Å². The summed E-state index contributed by atoms with van der Waals surface area (Å²) >= 11 is 5.71. The molecule has 1 aromatic heterocycles. The lowest BCUT2D eigenvalue weighted by Gasteiger charge is -2.11. The molecule has 1 rings (SSSR count). The lowest BCUT2D eigenvalue weighted by atomic mass is 10.1. The molecule has 5 heteroatoms. The smallest absolute Gasteiger partial charge is 0.337 e. The minimum absolute atomic E-state index is 0.0725. The standard InChI is InChI=1S/C11H15ClN2O2/c1-3-7(2)5-13-10-4-8(11(15)16)9(12)6-14-10/h4,6-7H,3,5H2,1-2H3,(H,13,14)(H,15,16). The Morgan fingerprint density at radius 3 is 2.94 bits per heavy atom. The summed E-state index contributed by atoms with van der Waals surface area (Å²) in [5.74, 6) is 0.0202. The summed E-state index contributed by atoms with van der Waals surface area (Å²) in [5.41, 5.74) is 0.0725. The monoisotopic (exact) mass is 242 g/mol. The summed E-state index contributed by atoms with van der Waals surface area (Å²) in [6, 6.07) is 1.45. The van der Waals surface area contributed by atoms with Crippen LogP contribution in [0.4, 0.5) is 5.82 Å². The highest BCUT2D eigenvalue weighted by molar-refractivity contribution is 6.33. The Morgan fingerprint density at radius 2 is 2.38 bits per heavy atom. The fourth-order valence-electron chi connectivity index (χ4n) is 1.12. The number of nitrogens with zero attached hydrogens (tertiary/aromatic N) is 1. The largest absolute Gasteiger partial charge is 0.478 e. The van der Waals surface area contributed by atoms with Crippen LogP contribution in [0.3, 0.4) is 0 Å². The van der Waals surface area contributed by atoms with E-state index in [0.29, 0.717) is 11.7 Å². The lowest BCUT2D eigenvalue weighted by Crippen LogP contribution is -2.12. The first-order valence-corrected chi connectivity index (χ1v) is 5.55. The van der Waals surface area contributed by atoms with Crippen LogP contribution in [-0.2, 0) is 0 Å². The average molecular weight is 243 g/mol. The van der Waals surface area contributed by atoms with Crippen molar-refractivity contribution in [2.45, 2.75) is 20.3 Å². The minimum Gasteiger partial charge on any atom is -0.478 e. The van der Waals surface area contributed by atoms with E-state index in [1.54, 1.807) is 0 Å². The number of halogens is 1. The van der Waals surface area contributed by atoms with Crippen molar-refractivity contribution in [2.75, 3.05) is 11.9 Å². The minimum atomic E-state index is -1.04. The van der Waals surface area contributed by atoms with Crippen LogP contribution in [0.5, 0.6) is 0 Å². The molecule has 0 spiro atoms. The summed E-state index contributed by atoms with van der Waals surface area (Å²) in [5, 5.41) is 12.1. The number of anilines is 1. The number of aromatic nitrogens is 1. The van der Waals surface area contributed by atoms with Gasteiger partial charge in [-0.1, -0.05) is 31.9 Å². The number of hydrogen-bond donors (Lipinski definition) is 2. The van der Waals surface area contributed by atoms with Gasteiger partial charge in [0.25, 0.3) is 0 Å². The predicted octanol–water partition coefficient (Wildman–Crippen LogP) is 2.89. The van der Waals surface area contributed by atoms with Gasteiger partial charge in [-0.05, 0) is 12.0 Å². The average Bonchev–Trinajstić information content (AvgIpc) is 2.27. The van der Waals surface area contributed by atoms with Crippen LogP contribution in [0.2, 0.25) is 5.02 Å². The Bertz CT molecular complexity index is 382. The van der Waals surface area contributed by atoms with E-state index in [9.17, 15) is 4.79 Å². The van der Waals surface area contributed by atoms with Crippen molar-refractivity contribution in [2.24, 2.45) is 5.92 Å². The Labute approximate surface area is 99.6 Å². The second kappa shape index (κ2) is 5.70. The van der Waals surface area contributed by atoms with Crippen molar-refractivity contribution in [3.05, 3.63) is 22.8 Å². The van der Waals surface area contributed by atoms with Crippen molar-refractivity contribution < 1.29 is 9.90 Å². The molecule has 16 heavy (non-hydrogen) atoms. The summed E-state index contributed by atoms with van der Waals surface area (Å²) in [4.78, 5) is 14.8. The van der Waals surface area contributed by atoms with E-state index in [1.807, 2.05) is 0 Å². The molecule has 0 aliphatic carbocycles. The van der Waals surface area contributed by atoms with Gasteiger partial charge in [-0.15, -0.1) is 0 Å². The van der Waals surface area contributed by atoms with Gasteiger partial charge in [-0.3, -0.25) is 0 Å². The third-order valence-electron chi connectivity index (χ3n) is 2.41. The topological polar surface area (TPSA) is 62.2 Å². The molecule has 0 fully saturated rings. The van der Waals surface area contributed by atoms with Crippen LogP contribution in [0.15, 0.2) is 12.3 Å². The predicted molar refractivity (Wildman–Crippen MR) is 64.2 cm³/mol. The summed E-state index contributed by atoms with van der Waals surface area (Å²) in [7, 11) is 0. The molecular weight excluding hydrogens is 228 g/mol. The van der Waals surface area contributed by atoms with Gasteiger partial charge in [-0.2, -0.15) is 0 Å². The van der Waals surface area contributed by atoms with Gasteiger partial charge in [-0.25, -0.2) is 9.78 Å². The van der Waals surface area contributed by atoms with Crippen LogP contribution in [0.25, 0.3) is 0 Å². The molecular formula is C11H15ClN2O2. The molecule has 0 aliphatic rings. The second-order valence-electron chi connectivity index (χ2n) is 3.75. The Morgan fingerprint density at radius 1 is 1.69 bits per heavy atom. The number of rotatable bonds is 5. The lowest BCUT2D eigenvalue weighted by molar-refractivity contribution is 0.0697.